The van der Waals surface area contributed by atoms with E-state index in [0.29, 0.717) is 11.5 Å². The number of ether oxygens (including phenoxy) is 1. The van der Waals surface area contributed by atoms with E-state index in [1.165, 1.54) is 50.5 Å². The molecule has 0 saturated heterocycles. The summed E-state index contributed by atoms with van der Waals surface area (Å²) < 4.78 is 9.12. The van der Waals surface area contributed by atoms with Gasteiger partial charge >= 0.3 is 0 Å². The fourth-order valence-corrected chi connectivity index (χ4v) is 10.2. The van der Waals surface area contributed by atoms with Gasteiger partial charge in [0, 0.05) is 83.0 Å². The van der Waals surface area contributed by atoms with Gasteiger partial charge in [0.25, 0.3) is 0 Å². The molecule has 6 aromatic carbocycles. The van der Waals surface area contributed by atoms with Crippen molar-refractivity contribution in [2.24, 2.45) is 10.8 Å². The normalized spacial score (nSPS) is 14.1. The number of fused-ring (bicyclic) bond motifs is 3. The summed E-state index contributed by atoms with van der Waals surface area (Å²) in [6.45, 7) is 39.2. The molecule has 0 saturated carbocycles. The SMILES string of the molecule is CC(C)(C)C1=C(C(C)(C)C)N(c2cc(C(C)(C)C)cc(C(C)(C)C)c2)[CH-]N1c1[c-]c(Oc2[c-]c3c(cc2)c2cc(C(C)(C)c4ccccc4)ccc2n3-c2cc(C(C)(C)c3ccccc3)ccn2)ccc1.[Pt]. The van der Waals surface area contributed by atoms with Crippen LogP contribution < -0.4 is 14.5 Å². The van der Waals surface area contributed by atoms with Crippen molar-refractivity contribution >= 4 is 33.2 Å². The van der Waals surface area contributed by atoms with Gasteiger partial charge in [-0.15, -0.1) is 48.1 Å². The van der Waals surface area contributed by atoms with Crippen molar-refractivity contribution in [3.05, 3.63) is 209 Å². The van der Waals surface area contributed by atoms with Gasteiger partial charge in [0.15, 0.2) is 0 Å². The van der Waals surface area contributed by atoms with Crippen molar-refractivity contribution in [3.63, 3.8) is 0 Å². The summed E-state index contributed by atoms with van der Waals surface area (Å²) in [7, 11) is 0. The quantitative estimate of drug-likeness (QED) is 0.135. The maximum absolute atomic E-state index is 6.86. The monoisotopic (exact) mass is 1130 g/mol. The van der Waals surface area contributed by atoms with Crippen molar-refractivity contribution in [2.45, 2.75) is 132 Å². The molecule has 376 valence electrons. The van der Waals surface area contributed by atoms with Crippen LogP contribution in [0.1, 0.15) is 144 Å². The zero-order chi connectivity index (χ0) is 51.1. The summed E-state index contributed by atoms with van der Waals surface area (Å²) in [5, 5.41) is 2.22. The molecule has 0 aliphatic carbocycles. The van der Waals surface area contributed by atoms with Gasteiger partial charge in [-0.05, 0) is 79.9 Å². The van der Waals surface area contributed by atoms with Crippen LogP contribution in [0.4, 0.5) is 11.4 Å². The Morgan fingerprint density at radius 1 is 0.444 bits per heavy atom. The van der Waals surface area contributed by atoms with Gasteiger partial charge < -0.3 is 19.1 Å². The van der Waals surface area contributed by atoms with Crippen LogP contribution in [0.25, 0.3) is 27.6 Å². The zero-order valence-electron chi connectivity index (χ0n) is 45.4. The van der Waals surface area contributed by atoms with Gasteiger partial charge in [-0.25, -0.2) is 4.98 Å². The second-order valence-electron chi connectivity index (χ2n) is 24.9. The molecule has 1 aliphatic rings. The third-order valence-corrected chi connectivity index (χ3v) is 14.6. The first-order chi connectivity index (χ1) is 33.2. The number of nitrogens with zero attached hydrogens (tertiary/aromatic N) is 4. The molecule has 0 amide bonds. The standard InChI is InChI=1S/C66H73N4O.Pt/c1-61(2,3)48-36-49(62(4,5)6)38-51(37-48)69-43-68(59(63(7,8)9)60(69)64(10,11)12)50-28-23-29-52(41-50)71-53-31-32-54-55-39-46(65(13,14)44-24-19-17-20-25-44)30-33-56(55)70(57(54)42-53)58-40-47(34-35-67-58)66(15,16)45-26-21-18-22-27-45;/h17-40,43H,1-16H3;/q-3;. The minimum Gasteiger partial charge on any atom is -0.509 e. The molecule has 2 aromatic heterocycles. The van der Waals surface area contributed by atoms with Crippen molar-refractivity contribution in [3.8, 4) is 17.3 Å². The summed E-state index contributed by atoms with van der Waals surface area (Å²) >= 11 is 0. The number of rotatable bonds is 9. The van der Waals surface area contributed by atoms with Gasteiger partial charge in [-0.2, -0.15) is 12.1 Å². The van der Waals surface area contributed by atoms with Crippen LogP contribution >= 0.6 is 0 Å². The average Bonchev–Trinajstić information content (AvgIpc) is 3.90. The second-order valence-corrected chi connectivity index (χ2v) is 24.9. The van der Waals surface area contributed by atoms with Gasteiger partial charge in [0.1, 0.15) is 5.82 Å². The van der Waals surface area contributed by atoms with Crippen LogP contribution in [-0.2, 0) is 42.7 Å². The Balaban J connectivity index is 0.00000693. The van der Waals surface area contributed by atoms with Crippen LogP contribution in [-0.4, -0.2) is 9.55 Å². The molecule has 72 heavy (non-hydrogen) atoms. The molecular weight excluding hydrogens is 1060 g/mol. The number of hydrogen-bond donors (Lipinski definition) is 0. The summed E-state index contributed by atoms with van der Waals surface area (Å²) in [6, 6.07) is 57.8. The molecule has 0 spiro atoms. The molecule has 5 nitrogen and oxygen atoms in total. The Labute approximate surface area is 445 Å². The largest absolute Gasteiger partial charge is 0.509 e. The van der Waals surface area contributed by atoms with E-state index in [-0.39, 0.29) is 53.6 Å². The van der Waals surface area contributed by atoms with E-state index in [2.05, 4.69) is 271 Å². The maximum Gasteiger partial charge on any atom is 0.135 e. The van der Waals surface area contributed by atoms with E-state index in [0.717, 1.165) is 33.3 Å². The predicted octanol–water partition coefficient (Wildman–Crippen LogP) is 17.6. The van der Waals surface area contributed by atoms with Crippen molar-refractivity contribution in [2.75, 3.05) is 9.80 Å². The number of aromatic nitrogens is 2. The fraction of sp³-hybridized carbons (Fsp3) is 0.333. The van der Waals surface area contributed by atoms with Crippen LogP contribution in [0.2, 0.25) is 0 Å². The molecule has 6 heteroatoms. The number of allylic oxidation sites excluding steroid dienone is 2. The minimum atomic E-state index is -0.255. The molecule has 0 fully saturated rings. The number of benzene rings is 6. The summed E-state index contributed by atoms with van der Waals surface area (Å²) in [5.41, 5.74) is 13.2. The van der Waals surface area contributed by atoms with E-state index >= 15 is 0 Å². The van der Waals surface area contributed by atoms with Crippen LogP contribution in [0.15, 0.2) is 157 Å². The summed E-state index contributed by atoms with van der Waals surface area (Å²) in [5.74, 6) is 2.04. The van der Waals surface area contributed by atoms with Gasteiger partial charge in [0.2, 0.25) is 0 Å². The Bertz CT molecular complexity index is 3260. The van der Waals surface area contributed by atoms with E-state index in [1.807, 2.05) is 18.3 Å². The van der Waals surface area contributed by atoms with E-state index in [4.69, 9.17) is 9.72 Å². The van der Waals surface area contributed by atoms with Gasteiger partial charge in [-0.3, -0.25) is 0 Å². The molecule has 0 unspecified atom stereocenters. The number of anilines is 2. The Kier molecular flexibility index (Phi) is 13.7. The van der Waals surface area contributed by atoms with Crippen molar-refractivity contribution < 1.29 is 25.8 Å². The zero-order valence-corrected chi connectivity index (χ0v) is 47.7. The first kappa shape index (κ1) is 52.4. The molecule has 8 aromatic rings. The third kappa shape index (κ3) is 9.96. The fourth-order valence-electron chi connectivity index (χ4n) is 10.2. The molecule has 0 N–H and O–H groups in total. The average molecular weight is 1130 g/mol. The summed E-state index contributed by atoms with van der Waals surface area (Å²) in [4.78, 5) is 9.84. The van der Waals surface area contributed by atoms with Crippen LogP contribution in [0.3, 0.4) is 0 Å². The maximum atomic E-state index is 6.86. The molecule has 0 atom stereocenters. The first-order valence-electron chi connectivity index (χ1n) is 25.4. The number of pyridine rings is 1. The van der Waals surface area contributed by atoms with Gasteiger partial charge in [0.05, 0.1) is 0 Å². The second kappa shape index (κ2) is 18.9. The minimum absolute atomic E-state index is 0. The van der Waals surface area contributed by atoms with Crippen molar-refractivity contribution in [1.82, 2.24) is 9.55 Å². The molecule has 3 heterocycles. The van der Waals surface area contributed by atoms with Crippen molar-refractivity contribution in [1.29, 1.82) is 0 Å². The molecular formula is C66H73N4OPt-3. The van der Waals surface area contributed by atoms with Crippen LogP contribution in [0.5, 0.6) is 11.5 Å². The number of hydrogen-bond acceptors (Lipinski definition) is 4. The molecule has 0 bridgehead atoms. The topological polar surface area (TPSA) is 33.5 Å². The molecule has 1 aliphatic heterocycles. The van der Waals surface area contributed by atoms with E-state index < -0.39 is 0 Å². The third-order valence-electron chi connectivity index (χ3n) is 14.6. The summed E-state index contributed by atoms with van der Waals surface area (Å²) in [6.07, 6.45) is 1.94. The van der Waals surface area contributed by atoms with E-state index in [1.54, 1.807) is 0 Å². The van der Waals surface area contributed by atoms with Crippen LogP contribution in [0, 0.1) is 29.6 Å². The van der Waals surface area contributed by atoms with E-state index in [9.17, 15) is 0 Å². The van der Waals surface area contributed by atoms with Gasteiger partial charge in [-0.1, -0.05) is 195 Å². The Hall–Kier alpha value is -5.90. The molecule has 9 rings (SSSR count). The smallest absolute Gasteiger partial charge is 0.135 e. The first-order valence-corrected chi connectivity index (χ1v) is 25.4. The molecule has 0 radical (unpaired) electrons. The Morgan fingerprint density at radius 2 is 0.986 bits per heavy atom. The predicted molar refractivity (Wildman–Crippen MR) is 299 cm³/mol. The Morgan fingerprint density at radius 3 is 1.54 bits per heavy atom.